The van der Waals surface area contributed by atoms with Gasteiger partial charge < -0.3 is 10.6 Å². The van der Waals surface area contributed by atoms with Crippen molar-refractivity contribution in [1.82, 2.24) is 13.8 Å². The van der Waals surface area contributed by atoms with Crippen molar-refractivity contribution in [3.63, 3.8) is 0 Å². The van der Waals surface area contributed by atoms with Crippen LogP contribution in [0.1, 0.15) is 56.4 Å². The molecule has 9 nitrogen and oxygen atoms in total. The lowest BCUT2D eigenvalue weighted by Gasteiger charge is -2.36. The van der Waals surface area contributed by atoms with Crippen LogP contribution in [-0.2, 0) is 36.1 Å². The van der Waals surface area contributed by atoms with Crippen molar-refractivity contribution in [3.05, 3.63) is 111 Å². The topological polar surface area (TPSA) is 118 Å². The maximum absolute atomic E-state index is 14.6. The van der Waals surface area contributed by atoms with Gasteiger partial charge in [-0.05, 0) is 98.2 Å². The number of nitrogens with two attached hydrogens (primary N) is 1. The standard InChI is InChI=1S/C34H37N5O4S/c1-21-16-25-10-8-9-11-27(25)20-38(21)33(40)31-18-28-19-37(44(42,43)36-29-12-6-5-7-13-29)15-14-26(28)17-30(31)32-23(3)22(2)24(4)39(32)34(35)41/h5-13,17-18,21,36H,14-16,19-20H2,1-4H3,(H2,35,41)/t21-/m1/s1. The summed E-state index contributed by atoms with van der Waals surface area (Å²) in [5.41, 5.74) is 14.6. The number of carbonyl (C=O) groups excluding carboxylic acids is 2. The highest BCUT2D eigenvalue weighted by atomic mass is 32.2. The van der Waals surface area contributed by atoms with Gasteiger partial charge >= 0.3 is 16.2 Å². The highest BCUT2D eigenvalue weighted by molar-refractivity contribution is 7.90. The first-order chi connectivity index (χ1) is 21.0. The van der Waals surface area contributed by atoms with Crippen molar-refractivity contribution in [2.45, 2.75) is 59.7 Å². The van der Waals surface area contributed by atoms with E-state index in [9.17, 15) is 18.0 Å². The Morgan fingerprint density at radius 1 is 0.864 bits per heavy atom. The molecule has 0 fully saturated rings. The Bertz CT molecular complexity index is 1900. The van der Waals surface area contributed by atoms with Crippen LogP contribution in [0.25, 0.3) is 11.3 Å². The largest absolute Gasteiger partial charge is 0.351 e. The molecule has 3 heterocycles. The van der Waals surface area contributed by atoms with Crippen LogP contribution in [0.5, 0.6) is 0 Å². The molecule has 228 valence electrons. The molecular weight excluding hydrogens is 574 g/mol. The number of primary amides is 1. The molecule has 0 bridgehead atoms. The Hall–Kier alpha value is -4.41. The summed E-state index contributed by atoms with van der Waals surface area (Å²) in [6.07, 6.45) is 1.18. The van der Waals surface area contributed by atoms with E-state index in [-0.39, 0.29) is 25.0 Å². The number of benzene rings is 3. The molecule has 10 heteroatoms. The van der Waals surface area contributed by atoms with Gasteiger partial charge in [-0.25, -0.2) is 4.79 Å². The van der Waals surface area contributed by atoms with E-state index in [0.717, 1.165) is 39.9 Å². The van der Waals surface area contributed by atoms with Crippen LogP contribution in [0.4, 0.5) is 10.5 Å². The Morgan fingerprint density at radius 2 is 1.55 bits per heavy atom. The summed E-state index contributed by atoms with van der Waals surface area (Å²) < 4.78 is 32.3. The minimum Gasteiger partial charge on any atom is -0.351 e. The second-order valence-electron chi connectivity index (χ2n) is 11.8. The summed E-state index contributed by atoms with van der Waals surface area (Å²) >= 11 is 0. The highest BCUT2D eigenvalue weighted by Crippen LogP contribution is 2.38. The van der Waals surface area contributed by atoms with Crippen molar-refractivity contribution < 1.29 is 18.0 Å². The molecule has 0 saturated heterocycles. The first kappa shape index (κ1) is 29.7. The fourth-order valence-electron chi connectivity index (χ4n) is 6.54. The van der Waals surface area contributed by atoms with Gasteiger partial charge in [-0.15, -0.1) is 0 Å². The van der Waals surface area contributed by atoms with Gasteiger partial charge in [0.15, 0.2) is 0 Å². The van der Waals surface area contributed by atoms with Crippen molar-refractivity contribution >= 4 is 27.8 Å². The minimum atomic E-state index is -3.84. The highest BCUT2D eigenvalue weighted by Gasteiger charge is 2.34. The van der Waals surface area contributed by atoms with E-state index in [4.69, 9.17) is 5.73 Å². The molecule has 0 spiro atoms. The first-order valence-corrected chi connectivity index (χ1v) is 16.3. The number of anilines is 1. The summed E-state index contributed by atoms with van der Waals surface area (Å²) in [7, 11) is -3.84. The number of carbonyl (C=O) groups is 2. The number of hydrogen-bond acceptors (Lipinski definition) is 4. The van der Waals surface area contributed by atoms with Crippen LogP contribution in [0.15, 0.2) is 66.7 Å². The van der Waals surface area contributed by atoms with Gasteiger partial charge in [-0.3, -0.25) is 14.1 Å². The summed E-state index contributed by atoms with van der Waals surface area (Å²) in [5.74, 6) is -0.167. The number of amides is 2. The zero-order chi connectivity index (χ0) is 31.3. The summed E-state index contributed by atoms with van der Waals surface area (Å²) in [5, 5.41) is 0. The third-order valence-corrected chi connectivity index (χ3v) is 10.7. The molecule has 2 aliphatic rings. The number of fused-ring (bicyclic) bond motifs is 2. The molecule has 44 heavy (non-hydrogen) atoms. The molecule has 0 unspecified atom stereocenters. The number of rotatable bonds is 5. The SMILES string of the molecule is Cc1c(C)c(-c2cc3c(cc2C(=O)N2Cc4ccccc4C[C@H]2C)CN(S(=O)(=O)Nc2ccccc2)CC3)n(C(N)=O)c1C. The second kappa shape index (κ2) is 11.3. The molecule has 2 amide bonds. The average Bonchev–Trinajstić information content (AvgIpc) is 3.23. The van der Waals surface area contributed by atoms with Crippen molar-refractivity contribution in [1.29, 1.82) is 0 Å². The zero-order valence-corrected chi connectivity index (χ0v) is 26.2. The molecule has 3 N–H and O–H groups in total. The lowest BCUT2D eigenvalue weighted by Crippen LogP contribution is -2.43. The first-order valence-electron chi connectivity index (χ1n) is 14.8. The number of aromatic nitrogens is 1. The molecule has 1 atom stereocenters. The van der Waals surface area contributed by atoms with Gasteiger partial charge in [0.25, 0.3) is 5.91 Å². The summed E-state index contributed by atoms with van der Waals surface area (Å²) in [4.78, 5) is 29.2. The van der Waals surface area contributed by atoms with Crippen LogP contribution in [0.2, 0.25) is 0 Å². The lowest BCUT2D eigenvalue weighted by molar-refractivity contribution is 0.0658. The number of para-hydroxylation sites is 1. The molecule has 2 aliphatic heterocycles. The third-order valence-electron chi connectivity index (χ3n) is 9.17. The quantitative estimate of drug-likeness (QED) is 0.318. The molecule has 0 aliphatic carbocycles. The number of nitrogens with zero attached hydrogens (tertiary/aromatic N) is 3. The van der Waals surface area contributed by atoms with E-state index in [0.29, 0.717) is 35.5 Å². The van der Waals surface area contributed by atoms with E-state index in [1.807, 2.05) is 69.0 Å². The monoisotopic (exact) mass is 611 g/mol. The normalized spacial score (nSPS) is 16.7. The van der Waals surface area contributed by atoms with Gasteiger partial charge in [-0.2, -0.15) is 12.7 Å². The van der Waals surface area contributed by atoms with Crippen molar-refractivity contribution in [3.8, 4) is 11.3 Å². The fourth-order valence-corrected chi connectivity index (χ4v) is 7.74. The third kappa shape index (κ3) is 5.18. The maximum atomic E-state index is 14.6. The van der Waals surface area contributed by atoms with E-state index in [1.54, 1.807) is 24.3 Å². The van der Waals surface area contributed by atoms with Crippen LogP contribution < -0.4 is 10.5 Å². The van der Waals surface area contributed by atoms with E-state index in [1.165, 1.54) is 14.4 Å². The van der Waals surface area contributed by atoms with E-state index in [2.05, 4.69) is 10.8 Å². The summed E-state index contributed by atoms with van der Waals surface area (Å²) in [6.45, 7) is 8.62. The predicted molar refractivity (Wildman–Crippen MR) is 172 cm³/mol. The molecule has 0 saturated carbocycles. The predicted octanol–water partition coefficient (Wildman–Crippen LogP) is 5.31. The van der Waals surface area contributed by atoms with Crippen LogP contribution >= 0.6 is 0 Å². The van der Waals surface area contributed by atoms with Crippen molar-refractivity contribution in [2.24, 2.45) is 5.73 Å². The molecule has 6 rings (SSSR count). The van der Waals surface area contributed by atoms with Crippen LogP contribution in [-0.4, -0.2) is 46.7 Å². The van der Waals surface area contributed by atoms with Crippen LogP contribution in [0.3, 0.4) is 0 Å². The molecule has 4 aromatic rings. The van der Waals surface area contributed by atoms with Crippen molar-refractivity contribution in [2.75, 3.05) is 11.3 Å². The summed E-state index contributed by atoms with van der Waals surface area (Å²) in [6, 6.07) is 20.0. The Kier molecular flexibility index (Phi) is 7.59. The zero-order valence-electron chi connectivity index (χ0n) is 25.4. The van der Waals surface area contributed by atoms with Gasteiger partial charge in [-0.1, -0.05) is 42.5 Å². The van der Waals surface area contributed by atoms with E-state index >= 15 is 0 Å². The molecular formula is C34H37N5O4S. The fraction of sp³-hybridized carbons (Fsp3) is 0.294. The van der Waals surface area contributed by atoms with Gasteiger partial charge in [0.05, 0.1) is 5.69 Å². The molecule has 0 radical (unpaired) electrons. The van der Waals surface area contributed by atoms with Crippen LogP contribution in [0, 0.1) is 20.8 Å². The van der Waals surface area contributed by atoms with Gasteiger partial charge in [0, 0.05) is 48.2 Å². The maximum Gasteiger partial charge on any atom is 0.323 e. The van der Waals surface area contributed by atoms with Gasteiger partial charge in [0.1, 0.15) is 0 Å². The minimum absolute atomic E-state index is 0.0549. The number of nitrogens with one attached hydrogen (secondary N) is 1. The average molecular weight is 612 g/mol. The Balaban J connectivity index is 1.46. The smallest absolute Gasteiger partial charge is 0.323 e. The molecule has 3 aromatic carbocycles. The number of hydrogen-bond donors (Lipinski definition) is 2. The van der Waals surface area contributed by atoms with Gasteiger partial charge in [0.2, 0.25) is 0 Å². The Labute approximate surface area is 258 Å². The second-order valence-corrected chi connectivity index (χ2v) is 13.5. The van der Waals surface area contributed by atoms with E-state index < -0.39 is 16.2 Å². The molecule has 1 aromatic heterocycles. The Morgan fingerprint density at radius 3 is 2.25 bits per heavy atom. The lowest BCUT2D eigenvalue weighted by atomic mass is 9.89.